The van der Waals surface area contributed by atoms with E-state index in [1.165, 1.54) is 45.0 Å². The van der Waals surface area contributed by atoms with E-state index >= 15 is 0 Å². The molecule has 0 N–H and O–H groups in total. The molecule has 0 saturated heterocycles. The van der Waals surface area contributed by atoms with Crippen LogP contribution in [0.2, 0.25) is 0 Å². The Kier molecular flexibility index (Phi) is 7.94. The van der Waals surface area contributed by atoms with E-state index in [1.807, 2.05) is 48.5 Å². The third-order valence-electron chi connectivity index (χ3n) is 8.64. The Morgan fingerprint density at radius 1 is 0.370 bits per heavy atom. The standard InChI is InChI=1S/C42H38N2O2/c1-5-43-39-25-15-34(32-13-23-38(24-14-32)46-36-19-9-30(4)10-20-36)28-42(39)44(6-2)40-26-16-33(27-41(40)43)31-11-21-37(22-12-31)45-35-17-7-29(3)8-18-35/h7-28H,5-6H2,1-4H3. The monoisotopic (exact) mass is 602 g/mol. The molecule has 0 fully saturated rings. The number of rotatable bonds is 8. The molecule has 6 aromatic rings. The number of aryl methyl sites for hydroxylation is 2. The summed E-state index contributed by atoms with van der Waals surface area (Å²) < 4.78 is 12.1. The third-order valence-corrected chi connectivity index (χ3v) is 8.64. The molecule has 0 atom stereocenters. The van der Waals surface area contributed by atoms with Crippen molar-refractivity contribution in [2.24, 2.45) is 0 Å². The lowest BCUT2D eigenvalue weighted by Gasteiger charge is -2.40. The smallest absolute Gasteiger partial charge is 0.127 e. The molecule has 0 radical (unpaired) electrons. The maximum atomic E-state index is 6.07. The second kappa shape index (κ2) is 12.5. The lowest BCUT2D eigenvalue weighted by molar-refractivity contribution is 0.482. The van der Waals surface area contributed by atoms with Crippen molar-refractivity contribution in [3.05, 3.63) is 145 Å². The molecule has 46 heavy (non-hydrogen) atoms. The molecule has 1 aliphatic rings. The van der Waals surface area contributed by atoms with E-state index in [2.05, 4.69) is 122 Å². The van der Waals surface area contributed by atoms with Crippen LogP contribution in [-0.2, 0) is 0 Å². The molecular weight excluding hydrogens is 564 g/mol. The van der Waals surface area contributed by atoms with Crippen LogP contribution in [0, 0.1) is 13.8 Å². The number of nitrogens with zero attached hydrogens (tertiary/aromatic N) is 2. The highest BCUT2D eigenvalue weighted by Gasteiger charge is 2.27. The van der Waals surface area contributed by atoms with Crippen molar-refractivity contribution in [1.82, 2.24) is 0 Å². The average molecular weight is 603 g/mol. The maximum absolute atomic E-state index is 6.07. The zero-order valence-electron chi connectivity index (χ0n) is 26.8. The van der Waals surface area contributed by atoms with Gasteiger partial charge in [-0.25, -0.2) is 0 Å². The van der Waals surface area contributed by atoms with Gasteiger partial charge in [-0.3, -0.25) is 0 Å². The van der Waals surface area contributed by atoms with Gasteiger partial charge in [0.1, 0.15) is 23.0 Å². The summed E-state index contributed by atoms with van der Waals surface area (Å²) in [6.07, 6.45) is 0. The van der Waals surface area contributed by atoms with Crippen LogP contribution in [0.25, 0.3) is 22.3 Å². The molecule has 4 heteroatoms. The van der Waals surface area contributed by atoms with Gasteiger partial charge in [0.05, 0.1) is 22.7 Å². The van der Waals surface area contributed by atoms with Crippen LogP contribution in [0.3, 0.4) is 0 Å². The summed E-state index contributed by atoms with van der Waals surface area (Å²) in [4.78, 5) is 4.86. The van der Waals surface area contributed by atoms with Crippen LogP contribution < -0.4 is 19.3 Å². The Balaban J connectivity index is 1.14. The predicted octanol–water partition coefficient (Wildman–Crippen LogP) is 11.9. The van der Waals surface area contributed by atoms with Gasteiger partial charge < -0.3 is 19.3 Å². The molecule has 1 heterocycles. The Labute approximate surface area is 272 Å². The molecule has 0 bridgehead atoms. The van der Waals surface area contributed by atoms with Gasteiger partial charge in [-0.15, -0.1) is 0 Å². The fourth-order valence-electron chi connectivity index (χ4n) is 6.15. The first-order valence-corrected chi connectivity index (χ1v) is 16.0. The molecule has 4 nitrogen and oxygen atoms in total. The largest absolute Gasteiger partial charge is 0.457 e. The zero-order valence-corrected chi connectivity index (χ0v) is 26.8. The van der Waals surface area contributed by atoms with Crippen molar-refractivity contribution in [1.29, 1.82) is 0 Å². The molecule has 0 unspecified atom stereocenters. The summed E-state index contributed by atoms with van der Waals surface area (Å²) in [5, 5.41) is 0. The number of benzene rings is 6. The highest BCUT2D eigenvalue weighted by molar-refractivity contribution is 5.96. The van der Waals surface area contributed by atoms with E-state index in [1.54, 1.807) is 0 Å². The molecule has 0 spiro atoms. The normalized spacial score (nSPS) is 12.0. The van der Waals surface area contributed by atoms with Gasteiger partial charge in [-0.1, -0.05) is 71.8 Å². The summed E-state index contributed by atoms with van der Waals surface area (Å²) >= 11 is 0. The zero-order chi connectivity index (χ0) is 31.6. The number of anilines is 4. The lowest BCUT2D eigenvalue weighted by Crippen LogP contribution is -2.29. The lowest BCUT2D eigenvalue weighted by atomic mass is 9.98. The van der Waals surface area contributed by atoms with Crippen LogP contribution in [0.4, 0.5) is 22.7 Å². The Morgan fingerprint density at radius 3 is 1.00 bits per heavy atom. The second-order valence-electron chi connectivity index (χ2n) is 11.8. The molecular formula is C42H38N2O2. The molecule has 0 saturated carbocycles. The summed E-state index contributed by atoms with van der Waals surface area (Å²) in [7, 11) is 0. The third kappa shape index (κ3) is 5.82. The molecule has 1 aliphatic heterocycles. The molecule has 0 amide bonds. The summed E-state index contributed by atoms with van der Waals surface area (Å²) in [6.45, 7) is 10.3. The number of hydrogen-bond donors (Lipinski definition) is 0. The van der Waals surface area contributed by atoms with Crippen LogP contribution in [-0.4, -0.2) is 13.1 Å². The minimum atomic E-state index is 0.830. The summed E-state index contributed by atoms with van der Waals surface area (Å²) in [6, 6.07) is 46.6. The molecule has 0 aliphatic carbocycles. The van der Waals surface area contributed by atoms with Gasteiger partial charge in [-0.05, 0) is 123 Å². The summed E-state index contributed by atoms with van der Waals surface area (Å²) in [5.74, 6) is 3.35. The van der Waals surface area contributed by atoms with Crippen molar-refractivity contribution in [2.45, 2.75) is 27.7 Å². The Morgan fingerprint density at radius 2 is 0.674 bits per heavy atom. The van der Waals surface area contributed by atoms with Crippen LogP contribution in [0.5, 0.6) is 23.0 Å². The van der Waals surface area contributed by atoms with Gasteiger partial charge in [0.15, 0.2) is 0 Å². The topological polar surface area (TPSA) is 24.9 Å². The Hall–Kier alpha value is -5.48. The number of fused-ring (bicyclic) bond motifs is 2. The maximum Gasteiger partial charge on any atom is 0.127 e. The van der Waals surface area contributed by atoms with Crippen molar-refractivity contribution in [3.8, 4) is 45.3 Å². The minimum Gasteiger partial charge on any atom is -0.457 e. The fourth-order valence-corrected chi connectivity index (χ4v) is 6.15. The predicted molar refractivity (Wildman–Crippen MR) is 192 cm³/mol. The highest BCUT2D eigenvalue weighted by Crippen LogP contribution is 2.50. The van der Waals surface area contributed by atoms with Crippen molar-refractivity contribution in [2.75, 3.05) is 22.9 Å². The van der Waals surface area contributed by atoms with Gasteiger partial charge in [0, 0.05) is 13.1 Å². The number of ether oxygens (including phenoxy) is 2. The fraction of sp³-hybridized carbons (Fsp3) is 0.143. The van der Waals surface area contributed by atoms with Crippen LogP contribution in [0.1, 0.15) is 25.0 Å². The first kappa shape index (κ1) is 29.2. The average Bonchev–Trinajstić information content (AvgIpc) is 3.09. The van der Waals surface area contributed by atoms with Gasteiger partial charge >= 0.3 is 0 Å². The van der Waals surface area contributed by atoms with E-state index in [-0.39, 0.29) is 0 Å². The minimum absolute atomic E-state index is 0.830. The number of hydrogen-bond acceptors (Lipinski definition) is 4. The first-order chi connectivity index (χ1) is 22.5. The molecule has 7 rings (SSSR count). The van der Waals surface area contributed by atoms with Gasteiger partial charge in [0.2, 0.25) is 0 Å². The highest BCUT2D eigenvalue weighted by atomic mass is 16.5. The van der Waals surface area contributed by atoms with E-state index in [4.69, 9.17) is 9.47 Å². The Bertz CT molecular complexity index is 1820. The van der Waals surface area contributed by atoms with Crippen molar-refractivity contribution in [3.63, 3.8) is 0 Å². The first-order valence-electron chi connectivity index (χ1n) is 16.0. The van der Waals surface area contributed by atoms with E-state index in [0.717, 1.165) is 47.2 Å². The van der Waals surface area contributed by atoms with Crippen molar-refractivity contribution < 1.29 is 9.47 Å². The van der Waals surface area contributed by atoms with Crippen LogP contribution in [0.15, 0.2) is 133 Å². The van der Waals surface area contributed by atoms with E-state index in [9.17, 15) is 0 Å². The van der Waals surface area contributed by atoms with Crippen molar-refractivity contribution >= 4 is 22.7 Å². The van der Waals surface area contributed by atoms with Gasteiger partial charge in [-0.2, -0.15) is 0 Å². The van der Waals surface area contributed by atoms with Crippen LogP contribution >= 0.6 is 0 Å². The summed E-state index contributed by atoms with van der Waals surface area (Å²) in [5.41, 5.74) is 12.0. The van der Waals surface area contributed by atoms with E-state index in [0.29, 0.717) is 0 Å². The SMILES string of the molecule is CCN1c2ccc(-c3ccc(Oc4ccc(C)cc4)cc3)cc2N(CC)c2ccc(-c3ccc(Oc4ccc(C)cc4)cc3)cc21. The van der Waals surface area contributed by atoms with E-state index < -0.39 is 0 Å². The molecule has 0 aromatic heterocycles. The van der Waals surface area contributed by atoms with Gasteiger partial charge in [0.25, 0.3) is 0 Å². The molecule has 228 valence electrons. The second-order valence-corrected chi connectivity index (χ2v) is 11.8. The molecule has 6 aromatic carbocycles. The quantitative estimate of drug-likeness (QED) is 0.173.